The summed E-state index contributed by atoms with van der Waals surface area (Å²) < 4.78 is 0. The Labute approximate surface area is 103 Å². The van der Waals surface area contributed by atoms with Gasteiger partial charge in [-0.25, -0.2) is 9.78 Å². The summed E-state index contributed by atoms with van der Waals surface area (Å²) in [7, 11) is 0. The fourth-order valence-electron chi connectivity index (χ4n) is 1.54. The van der Waals surface area contributed by atoms with E-state index < -0.39 is 5.97 Å². The molecule has 0 saturated heterocycles. The standard InChI is InChI=1S/C11H14N2O3S/c1-6-9(11(15)16)17-8(13-6)4-5-12-10(14)7-2-3-7/h7H,2-5H2,1H3,(H,12,14)(H,15,16). The number of nitrogens with one attached hydrogen (secondary N) is 1. The van der Waals surface area contributed by atoms with Crippen molar-refractivity contribution in [3.8, 4) is 0 Å². The van der Waals surface area contributed by atoms with Crippen LogP contribution in [0.2, 0.25) is 0 Å². The van der Waals surface area contributed by atoms with Crippen molar-refractivity contribution in [1.29, 1.82) is 0 Å². The molecule has 17 heavy (non-hydrogen) atoms. The van der Waals surface area contributed by atoms with E-state index in [4.69, 9.17) is 5.11 Å². The van der Waals surface area contributed by atoms with Crippen molar-refractivity contribution in [2.75, 3.05) is 6.54 Å². The molecular formula is C11H14N2O3S. The second-order valence-electron chi connectivity index (χ2n) is 4.14. The molecule has 5 nitrogen and oxygen atoms in total. The van der Waals surface area contributed by atoms with Crippen molar-refractivity contribution < 1.29 is 14.7 Å². The second-order valence-corrected chi connectivity index (χ2v) is 5.23. The monoisotopic (exact) mass is 254 g/mol. The number of carboxylic acid groups (broad SMARTS) is 1. The average Bonchev–Trinajstić information content (AvgIpc) is 3.03. The molecule has 0 spiro atoms. The lowest BCUT2D eigenvalue weighted by atomic mass is 10.3. The van der Waals surface area contributed by atoms with Crippen LogP contribution in [0.1, 0.15) is 33.2 Å². The summed E-state index contributed by atoms with van der Waals surface area (Å²) in [5, 5.41) is 12.5. The topological polar surface area (TPSA) is 79.3 Å². The van der Waals surface area contributed by atoms with Gasteiger partial charge in [0.25, 0.3) is 0 Å². The Hall–Kier alpha value is -1.43. The Morgan fingerprint density at radius 3 is 2.76 bits per heavy atom. The molecule has 0 atom stereocenters. The number of aromatic carboxylic acids is 1. The van der Waals surface area contributed by atoms with Gasteiger partial charge in [0.2, 0.25) is 5.91 Å². The Morgan fingerprint density at radius 2 is 2.24 bits per heavy atom. The number of carbonyl (C=O) groups is 2. The highest BCUT2D eigenvalue weighted by Gasteiger charge is 2.29. The summed E-state index contributed by atoms with van der Waals surface area (Å²) in [6.07, 6.45) is 2.58. The summed E-state index contributed by atoms with van der Waals surface area (Å²) >= 11 is 1.18. The van der Waals surface area contributed by atoms with Crippen molar-refractivity contribution in [2.45, 2.75) is 26.2 Å². The van der Waals surface area contributed by atoms with Crippen molar-refractivity contribution in [1.82, 2.24) is 10.3 Å². The van der Waals surface area contributed by atoms with Crippen molar-refractivity contribution >= 4 is 23.2 Å². The Balaban J connectivity index is 1.84. The van der Waals surface area contributed by atoms with E-state index in [0.29, 0.717) is 18.7 Å². The van der Waals surface area contributed by atoms with Gasteiger partial charge in [-0.3, -0.25) is 4.79 Å². The molecular weight excluding hydrogens is 240 g/mol. The highest BCUT2D eigenvalue weighted by molar-refractivity contribution is 7.13. The van der Waals surface area contributed by atoms with E-state index in [0.717, 1.165) is 17.8 Å². The molecule has 1 aromatic heterocycles. The predicted molar refractivity (Wildman–Crippen MR) is 63.2 cm³/mol. The third kappa shape index (κ3) is 3.03. The molecule has 1 aliphatic rings. The Kier molecular flexibility index (Phi) is 3.42. The number of nitrogens with zero attached hydrogens (tertiary/aromatic N) is 1. The first-order valence-corrected chi connectivity index (χ1v) is 6.37. The van der Waals surface area contributed by atoms with Gasteiger partial charge in [-0.05, 0) is 19.8 Å². The lowest BCUT2D eigenvalue weighted by Gasteiger charge is -2.01. The molecule has 1 aliphatic carbocycles. The number of aryl methyl sites for hydroxylation is 1. The Bertz CT molecular complexity index is 452. The molecule has 1 saturated carbocycles. The summed E-state index contributed by atoms with van der Waals surface area (Å²) in [6, 6.07) is 0. The third-order valence-corrected chi connectivity index (χ3v) is 3.83. The molecule has 92 valence electrons. The molecule has 1 fully saturated rings. The van der Waals surface area contributed by atoms with Gasteiger partial charge in [0.05, 0.1) is 10.7 Å². The normalized spacial score (nSPS) is 14.6. The van der Waals surface area contributed by atoms with Gasteiger partial charge in [0.1, 0.15) is 4.88 Å². The molecule has 2 N–H and O–H groups in total. The van der Waals surface area contributed by atoms with E-state index in [1.54, 1.807) is 6.92 Å². The molecule has 0 unspecified atom stereocenters. The zero-order valence-electron chi connectivity index (χ0n) is 9.52. The predicted octanol–water partition coefficient (Wildman–Crippen LogP) is 1.22. The largest absolute Gasteiger partial charge is 0.477 e. The van der Waals surface area contributed by atoms with Crippen LogP contribution < -0.4 is 5.32 Å². The van der Waals surface area contributed by atoms with Crippen molar-refractivity contribution in [3.05, 3.63) is 15.6 Å². The minimum absolute atomic E-state index is 0.108. The highest BCUT2D eigenvalue weighted by atomic mass is 32.1. The zero-order valence-corrected chi connectivity index (χ0v) is 10.3. The van der Waals surface area contributed by atoms with Gasteiger partial charge in [-0.15, -0.1) is 11.3 Å². The van der Waals surface area contributed by atoms with Gasteiger partial charge < -0.3 is 10.4 Å². The number of carbonyl (C=O) groups excluding carboxylic acids is 1. The summed E-state index contributed by atoms with van der Waals surface area (Å²) in [4.78, 5) is 26.6. The van der Waals surface area contributed by atoms with Crippen LogP contribution in [-0.2, 0) is 11.2 Å². The van der Waals surface area contributed by atoms with E-state index in [-0.39, 0.29) is 16.7 Å². The van der Waals surface area contributed by atoms with Crippen molar-refractivity contribution in [2.24, 2.45) is 5.92 Å². The van der Waals surface area contributed by atoms with Gasteiger partial charge in [-0.1, -0.05) is 0 Å². The third-order valence-electron chi connectivity index (χ3n) is 2.62. The SMILES string of the molecule is Cc1nc(CCNC(=O)C2CC2)sc1C(=O)O. The van der Waals surface area contributed by atoms with Crippen LogP contribution >= 0.6 is 11.3 Å². The maximum absolute atomic E-state index is 11.4. The molecule has 1 heterocycles. The molecule has 1 aromatic rings. The number of hydrogen-bond acceptors (Lipinski definition) is 4. The van der Waals surface area contributed by atoms with E-state index in [9.17, 15) is 9.59 Å². The van der Waals surface area contributed by atoms with Gasteiger partial charge in [0.15, 0.2) is 0 Å². The fraction of sp³-hybridized carbons (Fsp3) is 0.545. The minimum atomic E-state index is -0.937. The first-order valence-electron chi connectivity index (χ1n) is 5.55. The number of thiazole rings is 1. The number of rotatable bonds is 5. The van der Waals surface area contributed by atoms with Gasteiger partial charge >= 0.3 is 5.97 Å². The molecule has 2 rings (SSSR count). The molecule has 0 aliphatic heterocycles. The number of aromatic nitrogens is 1. The lowest BCUT2D eigenvalue weighted by molar-refractivity contribution is -0.122. The summed E-state index contributed by atoms with van der Waals surface area (Å²) in [5.74, 6) is -0.618. The minimum Gasteiger partial charge on any atom is -0.477 e. The average molecular weight is 254 g/mol. The molecule has 6 heteroatoms. The van der Waals surface area contributed by atoms with Crippen LogP contribution in [-0.4, -0.2) is 28.5 Å². The number of amides is 1. The molecule has 0 aromatic carbocycles. The smallest absolute Gasteiger partial charge is 0.347 e. The molecule has 0 bridgehead atoms. The number of hydrogen-bond donors (Lipinski definition) is 2. The number of carboxylic acids is 1. The van der Waals surface area contributed by atoms with E-state index in [1.807, 2.05) is 0 Å². The van der Waals surface area contributed by atoms with Crippen molar-refractivity contribution in [3.63, 3.8) is 0 Å². The van der Waals surface area contributed by atoms with E-state index in [2.05, 4.69) is 10.3 Å². The summed E-state index contributed by atoms with van der Waals surface area (Å²) in [5.41, 5.74) is 0.547. The quantitative estimate of drug-likeness (QED) is 0.828. The van der Waals surface area contributed by atoms with Crippen LogP contribution in [0.4, 0.5) is 0 Å². The molecule has 0 radical (unpaired) electrons. The van der Waals surface area contributed by atoms with Gasteiger partial charge in [-0.2, -0.15) is 0 Å². The maximum Gasteiger partial charge on any atom is 0.347 e. The highest BCUT2D eigenvalue weighted by Crippen LogP contribution is 2.28. The van der Waals surface area contributed by atoms with Gasteiger partial charge in [0, 0.05) is 18.9 Å². The van der Waals surface area contributed by atoms with Crippen LogP contribution in [0, 0.1) is 12.8 Å². The zero-order chi connectivity index (χ0) is 12.4. The first-order chi connectivity index (χ1) is 8.08. The van der Waals surface area contributed by atoms with E-state index in [1.165, 1.54) is 11.3 Å². The van der Waals surface area contributed by atoms with Crippen LogP contribution in [0.3, 0.4) is 0 Å². The second kappa shape index (κ2) is 4.83. The summed E-state index contributed by atoms with van der Waals surface area (Å²) in [6.45, 7) is 2.22. The van der Waals surface area contributed by atoms with Crippen LogP contribution in [0.25, 0.3) is 0 Å². The fourth-order valence-corrected chi connectivity index (χ4v) is 2.44. The van der Waals surface area contributed by atoms with Crippen LogP contribution in [0.15, 0.2) is 0 Å². The molecule has 1 amide bonds. The first kappa shape index (κ1) is 12.0. The van der Waals surface area contributed by atoms with E-state index >= 15 is 0 Å². The Morgan fingerprint density at radius 1 is 1.53 bits per heavy atom. The van der Waals surface area contributed by atoms with Crippen LogP contribution in [0.5, 0.6) is 0 Å². The maximum atomic E-state index is 11.4. The lowest BCUT2D eigenvalue weighted by Crippen LogP contribution is -2.26.